The molecular formula is C14H24O8. The lowest BCUT2D eigenvalue weighted by Crippen LogP contribution is -2.43. The van der Waals surface area contributed by atoms with E-state index in [1.54, 1.807) is 0 Å². The van der Waals surface area contributed by atoms with E-state index in [0.717, 1.165) is 0 Å². The molecule has 0 aromatic rings. The zero-order valence-corrected chi connectivity index (χ0v) is 12.6. The van der Waals surface area contributed by atoms with Crippen LogP contribution in [0.3, 0.4) is 0 Å². The van der Waals surface area contributed by atoms with Crippen LogP contribution in [-0.4, -0.2) is 50.3 Å². The lowest BCUT2D eigenvalue weighted by molar-refractivity contribution is -0.167. The summed E-state index contributed by atoms with van der Waals surface area (Å²) in [5, 5.41) is 0. The molecule has 8 nitrogen and oxygen atoms in total. The van der Waals surface area contributed by atoms with Crippen molar-refractivity contribution in [1.29, 1.82) is 0 Å². The molecule has 0 aromatic carbocycles. The van der Waals surface area contributed by atoms with Gasteiger partial charge in [-0.25, -0.2) is 0 Å². The summed E-state index contributed by atoms with van der Waals surface area (Å²) in [7, 11) is 0. The largest absolute Gasteiger partial charge is 0.465 e. The van der Waals surface area contributed by atoms with Gasteiger partial charge in [-0.1, -0.05) is 7.43 Å². The Morgan fingerprint density at radius 2 is 0.773 bits per heavy atom. The third-order valence-electron chi connectivity index (χ3n) is 2.33. The van der Waals surface area contributed by atoms with E-state index in [1.165, 1.54) is 27.7 Å². The molecule has 0 amide bonds. The molecule has 0 spiro atoms. The lowest BCUT2D eigenvalue weighted by Gasteiger charge is -2.30. The fraction of sp³-hybridized carbons (Fsp3) is 0.714. The standard InChI is InChI=1S/C13H20O8.CH4/c1-9(14)18-5-13(6-19-10(2)15,7-20-11(3)16)8-21-12(4)17;/h5-8H2,1-4H3;1H4. The molecule has 0 bridgehead atoms. The topological polar surface area (TPSA) is 105 Å². The molecule has 0 saturated heterocycles. The number of hydrogen-bond donors (Lipinski definition) is 0. The van der Waals surface area contributed by atoms with Gasteiger partial charge in [-0.15, -0.1) is 0 Å². The molecule has 22 heavy (non-hydrogen) atoms. The van der Waals surface area contributed by atoms with E-state index in [-0.39, 0.29) is 33.9 Å². The van der Waals surface area contributed by atoms with Crippen molar-refractivity contribution in [1.82, 2.24) is 0 Å². The second-order valence-corrected chi connectivity index (χ2v) is 4.62. The van der Waals surface area contributed by atoms with E-state index >= 15 is 0 Å². The first kappa shape index (κ1) is 22.2. The fourth-order valence-electron chi connectivity index (χ4n) is 1.27. The molecule has 0 N–H and O–H groups in total. The summed E-state index contributed by atoms with van der Waals surface area (Å²) in [4.78, 5) is 43.8. The van der Waals surface area contributed by atoms with E-state index in [2.05, 4.69) is 0 Å². The molecule has 128 valence electrons. The Bertz CT molecular complexity index is 324. The van der Waals surface area contributed by atoms with Gasteiger partial charge >= 0.3 is 23.9 Å². The second-order valence-electron chi connectivity index (χ2n) is 4.62. The van der Waals surface area contributed by atoms with Gasteiger partial charge in [-0.05, 0) is 0 Å². The first-order chi connectivity index (χ1) is 9.67. The highest BCUT2D eigenvalue weighted by Crippen LogP contribution is 2.21. The van der Waals surface area contributed by atoms with Crippen LogP contribution < -0.4 is 0 Å². The Labute approximate surface area is 130 Å². The lowest BCUT2D eigenvalue weighted by atomic mass is 9.92. The van der Waals surface area contributed by atoms with Gasteiger partial charge in [0.25, 0.3) is 0 Å². The quantitative estimate of drug-likeness (QED) is 0.479. The van der Waals surface area contributed by atoms with Crippen molar-refractivity contribution in [2.75, 3.05) is 26.4 Å². The van der Waals surface area contributed by atoms with Crippen molar-refractivity contribution in [3.05, 3.63) is 0 Å². The summed E-state index contributed by atoms with van der Waals surface area (Å²) in [6, 6.07) is 0. The highest BCUT2D eigenvalue weighted by molar-refractivity contribution is 5.67. The number of carbonyl (C=O) groups is 4. The maximum atomic E-state index is 11.0. The van der Waals surface area contributed by atoms with Crippen molar-refractivity contribution in [3.8, 4) is 0 Å². The van der Waals surface area contributed by atoms with Gasteiger partial charge < -0.3 is 18.9 Å². The van der Waals surface area contributed by atoms with Crippen LogP contribution in [0.1, 0.15) is 35.1 Å². The Hall–Kier alpha value is -2.12. The van der Waals surface area contributed by atoms with E-state index in [0.29, 0.717) is 0 Å². The van der Waals surface area contributed by atoms with Crippen molar-refractivity contribution < 1.29 is 38.1 Å². The molecule has 0 heterocycles. The molecule has 0 fully saturated rings. The van der Waals surface area contributed by atoms with Crippen molar-refractivity contribution in [3.63, 3.8) is 0 Å². The average molecular weight is 320 g/mol. The van der Waals surface area contributed by atoms with Gasteiger partial charge in [-0.3, -0.25) is 19.2 Å². The minimum Gasteiger partial charge on any atom is -0.465 e. The zero-order valence-electron chi connectivity index (χ0n) is 12.6. The van der Waals surface area contributed by atoms with Gasteiger partial charge in [0.15, 0.2) is 0 Å². The zero-order chi connectivity index (χ0) is 16.5. The van der Waals surface area contributed by atoms with E-state index in [1.807, 2.05) is 0 Å². The molecule has 0 aliphatic rings. The van der Waals surface area contributed by atoms with Gasteiger partial charge in [0.2, 0.25) is 0 Å². The fourth-order valence-corrected chi connectivity index (χ4v) is 1.27. The smallest absolute Gasteiger partial charge is 0.302 e. The summed E-state index contributed by atoms with van der Waals surface area (Å²) in [5.74, 6) is -2.25. The predicted octanol–water partition coefficient (Wildman–Crippen LogP) is 0.861. The summed E-state index contributed by atoms with van der Waals surface area (Å²) < 4.78 is 19.6. The van der Waals surface area contributed by atoms with Crippen LogP contribution in [0.2, 0.25) is 0 Å². The molecule has 0 aliphatic carbocycles. The number of hydrogen-bond acceptors (Lipinski definition) is 8. The Morgan fingerprint density at radius 3 is 0.909 bits per heavy atom. The summed E-state index contributed by atoms with van der Waals surface area (Å²) in [6.45, 7) is 3.91. The number of esters is 4. The summed E-state index contributed by atoms with van der Waals surface area (Å²) in [5.41, 5.74) is -1.14. The Morgan fingerprint density at radius 1 is 0.591 bits per heavy atom. The molecule has 0 atom stereocenters. The monoisotopic (exact) mass is 320 g/mol. The van der Waals surface area contributed by atoms with E-state index < -0.39 is 29.3 Å². The van der Waals surface area contributed by atoms with Crippen LogP contribution in [0.4, 0.5) is 0 Å². The van der Waals surface area contributed by atoms with Crippen LogP contribution >= 0.6 is 0 Å². The first-order valence-corrected chi connectivity index (χ1v) is 6.20. The summed E-state index contributed by atoms with van der Waals surface area (Å²) in [6.07, 6.45) is 0. The molecule has 0 aliphatic heterocycles. The third-order valence-corrected chi connectivity index (χ3v) is 2.33. The van der Waals surface area contributed by atoms with Crippen molar-refractivity contribution in [2.45, 2.75) is 35.1 Å². The van der Waals surface area contributed by atoms with Crippen molar-refractivity contribution in [2.24, 2.45) is 5.41 Å². The maximum absolute atomic E-state index is 11.0. The Kier molecular flexibility index (Phi) is 10.7. The average Bonchev–Trinajstić information content (AvgIpc) is 2.36. The highest BCUT2D eigenvalue weighted by atomic mass is 16.6. The molecule has 0 unspecified atom stereocenters. The van der Waals surface area contributed by atoms with Gasteiger partial charge in [-0.2, -0.15) is 0 Å². The van der Waals surface area contributed by atoms with Crippen LogP contribution in [-0.2, 0) is 38.1 Å². The minimum absolute atomic E-state index is 0. The summed E-state index contributed by atoms with van der Waals surface area (Å²) >= 11 is 0. The first-order valence-electron chi connectivity index (χ1n) is 6.20. The number of carbonyl (C=O) groups excluding carboxylic acids is 4. The predicted molar refractivity (Wildman–Crippen MR) is 75.7 cm³/mol. The van der Waals surface area contributed by atoms with E-state index in [9.17, 15) is 19.2 Å². The molecule has 8 heteroatoms. The van der Waals surface area contributed by atoms with Crippen molar-refractivity contribution >= 4 is 23.9 Å². The minimum atomic E-state index is -1.14. The van der Waals surface area contributed by atoms with E-state index in [4.69, 9.17) is 18.9 Å². The normalized spacial score (nSPS) is 10.0. The Balaban J connectivity index is 0. The van der Waals surface area contributed by atoms with Gasteiger partial charge in [0.05, 0.1) is 0 Å². The molecule has 0 aromatic heterocycles. The SMILES string of the molecule is C.CC(=O)OCC(COC(C)=O)(COC(C)=O)COC(C)=O. The van der Waals surface area contributed by atoms with Crippen LogP contribution in [0.15, 0.2) is 0 Å². The number of ether oxygens (including phenoxy) is 4. The molecule has 0 rings (SSSR count). The molecule has 0 saturated carbocycles. The molecule has 0 radical (unpaired) electrons. The third kappa shape index (κ3) is 10.6. The van der Waals surface area contributed by atoms with Crippen LogP contribution in [0.25, 0.3) is 0 Å². The van der Waals surface area contributed by atoms with Gasteiger partial charge in [0, 0.05) is 27.7 Å². The van der Waals surface area contributed by atoms with Crippen LogP contribution in [0.5, 0.6) is 0 Å². The van der Waals surface area contributed by atoms with Crippen LogP contribution in [0, 0.1) is 5.41 Å². The molecular weight excluding hydrogens is 296 g/mol. The highest BCUT2D eigenvalue weighted by Gasteiger charge is 2.36. The maximum Gasteiger partial charge on any atom is 0.302 e. The second kappa shape index (κ2) is 10.6. The van der Waals surface area contributed by atoms with Gasteiger partial charge in [0.1, 0.15) is 31.8 Å². The number of rotatable bonds is 8.